The summed E-state index contributed by atoms with van der Waals surface area (Å²) in [4.78, 5) is 6.06. The van der Waals surface area contributed by atoms with E-state index in [1.165, 1.54) is 16.1 Å². The van der Waals surface area contributed by atoms with Gasteiger partial charge in [-0.15, -0.1) is 11.3 Å². The molecule has 0 amide bonds. The van der Waals surface area contributed by atoms with Crippen molar-refractivity contribution < 1.29 is 0 Å². The van der Waals surface area contributed by atoms with Gasteiger partial charge in [-0.25, -0.2) is 4.98 Å². The fourth-order valence-electron chi connectivity index (χ4n) is 2.49. The topological polar surface area (TPSA) is 55.9 Å². The molecule has 0 aromatic carbocycles. The average Bonchev–Trinajstić information content (AvgIpc) is 2.94. The maximum Gasteiger partial charge on any atom is 0.203 e. The zero-order valence-corrected chi connectivity index (χ0v) is 11.4. The zero-order valence-electron chi connectivity index (χ0n) is 10.6. The standard InChI is InChI=1S/C13H18N4S/c1-9-4-8-18-12(9)11-10(3-5-14)17-7-2-6-15-13(17)16-11/h4,8H,2-3,5-7,14H2,1H3,(H,15,16). The fourth-order valence-corrected chi connectivity index (χ4v) is 3.42. The van der Waals surface area contributed by atoms with Crippen molar-refractivity contribution in [1.29, 1.82) is 0 Å². The lowest BCUT2D eigenvalue weighted by atomic mass is 10.1. The normalized spacial score (nSPS) is 14.3. The summed E-state index contributed by atoms with van der Waals surface area (Å²) in [5.74, 6) is 1.01. The molecule has 0 atom stereocenters. The molecule has 0 fully saturated rings. The van der Waals surface area contributed by atoms with E-state index in [1.807, 2.05) is 0 Å². The maximum absolute atomic E-state index is 5.76. The molecule has 3 N–H and O–H groups in total. The SMILES string of the molecule is Cc1ccsc1-c1nc2n(c1CCN)CCCN2. The van der Waals surface area contributed by atoms with Crippen LogP contribution in [0.5, 0.6) is 0 Å². The van der Waals surface area contributed by atoms with E-state index in [1.54, 1.807) is 11.3 Å². The molecule has 0 radical (unpaired) electrons. The van der Waals surface area contributed by atoms with Gasteiger partial charge in [0, 0.05) is 25.2 Å². The van der Waals surface area contributed by atoms with E-state index < -0.39 is 0 Å². The first-order chi connectivity index (χ1) is 8.81. The summed E-state index contributed by atoms with van der Waals surface area (Å²) < 4.78 is 2.30. The predicted octanol–water partition coefficient (Wildman–Crippen LogP) is 2.24. The molecular weight excluding hydrogens is 244 g/mol. The van der Waals surface area contributed by atoms with Gasteiger partial charge in [-0.05, 0) is 36.9 Å². The summed E-state index contributed by atoms with van der Waals surface area (Å²) in [6.45, 7) is 4.88. The number of thiophene rings is 1. The Morgan fingerprint density at radius 3 is 3.17 bits per heavy atom. The lowest BCUT2D eigenvalue weighted by molar-refractivity contribution is 0.603. The van der Waals surface area contributed by atoms with Gasteiger partial charge < -0.3 is 15.6 Å². The van der Waals surface area contributed by atoms with Crippen LogP contribution in [-0.2, 0) is 13.0 Å². The Morgan fingerprint density at radius 2 is 2.44 bits per heavy atom. The maximum atomic E-state index is 5.76. The molecule has 1 aliphatic heterocycles. The van der Waals surface area contributed by atoms with E-state index in [2.05, 4.69) is 28.3 Å². The van der Waals surface area contributed by atoms with Crippen molar-refractivity contribution in [2.24, 2.45) is 5.73 Å². The van der Waals surface area contributed by atoms with Crippen molar-refractivity contribution in [3.8, 4) is 10.6 Å². The van der Waals surface area contributed by atoms with E-state index in [-0.39, 0.29) is 0 Å². The molecule has 2 aromatic rings. The number of nitrogens with two attached hydrogens (primary N) is 1. The molecule has 0 bridgehead atoms. The Morgan fingerprint density at radius 1 is 1.56 bits per heavy atom. The highest BCUT2D eigenvalue weighted by Gasteiger charge is 2.21. The molecule has 0 aliphatic carbocycles. The van der Waals surface area contributed by atoms with E-state index in [0.29, 0.717) is 6.54 Å². The minimum absolute atomic E-state index is 0.669. The van der Waals surface area contributed by atoms with Gasteiger partial charge in [0.15, 0.2) is 0 Å². The molecule has 96 valence electrons. The highest BCUT2D eigenvalue weighted by atomic mass is 32.1. The van der Waals surface area contributed by atoms with Crippen LogP contribution >= 0.6 is 11.3 Å². The first-order valence-electron chi connectivity index (χ1n) is 6.39. The van der Waals surface area contributed by atoms with Crippen LogP contribution in [0.25, 0.3) is 10.6 Å². The van der Waals surface area contributed by atoms with E-state index in [0.717, 1.165) is 37.6 Å². The van der Waals surface area contributed by atoms with Crippen molar-refractivity contribution in [1.82, 2.24) is 9.55 Å². The van der Waals surface area contributed by atoms with Crippen LogP contribution in [0.15, 0.2) is 11.4 Å². The van der Waals surface area contributed by atoms with Crippen molar-refractivity contribution in [2.45, 2.75) is 26.3 Å². The summed E-state index contributed by atoms with van der Waals surface area (Å²) in [5, 5.41) is 5.51. The first kappa shape index (κ1) is 11.7. The Labute approximate surface area is 111 Å². The molecule has 0 spiro atoms. The van der Waals surface area contributed by atoms with Crippen LogP contribution in [0.2, 0.25) is 0 Å². The smallest absolute Gasteiger partial charge is 0.203 e. The van der Waals surface area contributed by atoms with Crippen LogP contribution in [0, 0.1) is 6.92 Å². The number of anilines is 1. The van der Waals surface area contributed by atoms with Gasteiger partial charge in [-0.1, -0.05) is 0 Å². The van der Waals surface area contributed by atoms with Crippen molar-refractivity contribution >= 4 is 17.3 Å². The number of imidazole rings is 1. The number of hydrogen-bond donors (Lipinski definition) is 2. The number of nitrogens with zero attached hydrogens (tertiary/aromatic N) is 2. The Kier molecular flexibility index (Phi) is 3.09. The monoisotopic (exact) mass is 262 g/mol. The molecule has 0 saturated heterocycles. The predicted molar refractivity (Wildman–Crippen MR) is 76.1 cm³/mol. The van der Waals surface area contributed by atoms with Crippen LogP contribution in [0.4, 0.5) is 5.95 Å². The quantitative estimate of drug-likeness (QED) is 0.892. The number of hydrogen-bond acceptors (Lipinski definition) is 4. The molecule has 4 nitrogen and oxygen atoms in total. The molecule has 5 heteroatoms. The largest absolute Gasteiger partial charge is 0.356 e. The molecule has 0 unspecified atom stereocenters. The summed E-state index contributed by atoms with van der Waals surface area (Å²) in [6.07, 6.45) is 2.05. The van der Waals surface area contributed by atoms with Crippen LogP contribution < -0.4 is 11.1 Å². The van der Waals surface area contributed by atoms with Crippen molar-refractivity contribution in [3.63, 3.8) is 0 Å². The van der Waals surface area contributed by atoms with Crippen molar-refractivity contribution in [2.75, 3.05) is 18.4 Å². The number of rotatable bonds is 3. The number of fused-ring (bicyclic) bond motifs is 1. The fraction of sp³-hybridized carbons (Fsp3) is 0.462. The average molecular weight is 262 g/mol. The lowest BCUT2D eigenvalue weighted by Gasteiger charge is -2.17. The number of nitrogens with one attached hydrogen (secondary N) is 1. The Balaban J connectivity index is 2.13. The summed E-state index contributed by atoms with van der Waals surface area (Å²) in [5.41, 5.74) is 9.46. The van der Waals surface area contributed by atoms with Crippen molar-refractivity contribution in [3.05, 3.63) is 22.7 Å². The lowest BCUT2D eigenvalue weighted by Crippen LogP contribution is -2.19. The van der Waals surface area contributed by atoms with E-state index >= 15 is 0 Å². The van der Waals surface area contributed by atoms with E-state index in [9.17, 15) is 0 Å². The minimum atomic E-state index is 0.669. The third kappa shape index (κ3) is 1.83. The first-order valence-corrected chi connectivity index (χ1v) is 7.27. The number of aryl methyl sites for hydroxylation is 1. The van der Waals surface area contributed by atoms with Gasteiger partial charge in [0.1, 0.15) is 5.69 Å². The second kappa shape index (κ2) is 4.74. The summed E-state index contributed by atoms with van der Waals surface area (Å²) in [7, 11) is 0. The van der Waals surface area contributed by atoms with Crippen LogP contribution in [0.1, 0.15) is 17.7 Å². The van der Waals surface area contributed by atoms with Gasteiger partial charge in [-0.2, -0.15) is 0 Å². The molecule has 3 heterocycles. The number of aromatic nitrogens is 2. The van der Waals surface area contributed by atoms with Gasteiger partial charge in [0.2, 0.25) is 5.95 Å². The highest BCUT2D eigenvalue weighted by molar-refractivity contribution is 7.13. The summed E-state index contributed by atoms with van der Waals surface area (Å²) in [6, 6.07) is 2.15. The molecule has 0 saturated carbocycles. The Hall–Kier alpha value is -1.33. The molecular formula is C13H18N4S. The zero-order chi connectivity index (χ0) is 12.5. The molecule has 3 rings (SSSR count). The van der Waals surface area contributed by atoms with Crippen LogP contribution in [0.3, 0.4) is 0 Å². The summed E-state index contributed by atoms with van der Waals surface area (Å²) >= 11 is 1.76. The van der Waals surface area contributed by atoms with Gasteiger partial charge in [0.25, 0.3) is 0 Å². The van der Waals surface area contributed by atoms with Gasteiger partial charge >= 0.3 is 0 Å². The third-order valence-electron chi connectivity index (χ3n) is 3.37. The molecule has 1 aliphatic rings. The third-order valence-corrected chi connectivity index (χ3v) is 4.40. The van der Waals surface area contributed by atoms with Gasteiger partial charge in [-0.3, -0.25) is 0 Å². The molecule has 2 aromatic heterocycles. The van der Waals surface area contributed by atoms with E-state index in [4.69, 9.17) is 10.7 Å². The Bertz CT molecular complexity index is 555. The highest BCUT2D eigenvalue weighted by Crippen LogP contribution is 2.34. The minimum Gasteiger partial charge on any atom is -0.356 e. The molecule has 18 heavy (non-hydrogen) atoms. The second-order valence-electron chi connectivity index (χ2n) is 4.63. The van der Waals surface area contributed by atoms with Gasteiger partial charge in [0.05, 0.1) is 4.88 Å². The second-order valence-corrected chi connectivity index (χ2v) is 5.55. The van der Waals surface area contributed by atoms with Crippen LogP contribution in [-0.4, -0.2) is 22.6 Å².